The van der Waals surface area contributed by atoms with Crippen molar-refractivity contribution in [2.24, 2.45) is 0 Å². The molecular formula is C19H21ClF3N7O4S2. The van der Waals surface area contributed by atoms with Gasteiger partial charge in [-0.1, -0.05) is 22.9 Å². The fourth-order valence-electron chi connectivity index (χ4n) is 3.74. The molecule has 0 radical (unpaired) electrons. The van der Waals surface area contributed by atoms with E-state index in [0.29, 0.717) is 61.6 Å². The number of piperazine rings is 1. The summed E-state index contributed by atoms with van der Waals surface area (Å²) in [7, 11) is -4.09. The first kappa shape index (κ1) is 26.5. The van der Waals surface area contributed by atoms with E-state index in [4.69, 9.17) is 21.5 Å². The number of sulfonamides is 1. The van der Waals surface area contributed by atoms with E-state index in [0.717, 1.165) is 0 Å². The molecule has 17 heteroatoms. The van der Waals surface area contributed by atoms with E-state index in [1.165, 1.54) is 16.7 Å². The van der Waals surface area contributed by atoms with Crippen LogP contribution in [0.25, 0.3) is 16.3 Å². The molecule has 5 rings (SSSR count). The number of fused-ring (bicyclic) bond motifs is 1. The van der Waals surface area contributed by atoms with Gasteiger partial charge < -0.3 is 15.3 Å². The van der Waals surface area contributed by atoms with Crippen LogP contribution in [0.1, 0.15) is 24.3 Å². The number of anilines is 1. The summed E-state index contributed by atoms with van der Waals surface area (Å²) >= 11 is 7.09. The zero-order valence-electron chi connectivity index (χ0n) is 18.5. The van der Waals surface area contributed by atoms with E-state index < -0.39 is 33.7 Å². The molecule has 11 nitrogen and oxygen atoms in total. The van der Waals surface area contributed by atoms with Gasteiger partial charge in [-0.3, -0.25) is 9.20 Å². The van der Waals surface area contributed by atoms with E-state index in [9.17, 15) is 21.6 Å². The number of halogens is 4. The third-order valence-electron chi connectivity index (χ3n) is 5.69. The summed E-state index contributed by atoms with van der Waals surface area (Å²) in [5.41, 5.74) is -0.135. The smallest absolute Gasteiger partial charge is 0.291 e. The number of hydrogen-bond acceptors (Lipinski definition) is 9. The molecule has 0 amide bonds. The average molecular weight is 568 g/mol. The lowest BCUT2D eigenvalue weighted by molar-refractivity contribution is -0.122. The third-order valence-corrected chi connectivity index (χ3v) is 8.43. The van der Waals surface area contributed by atoms with Crippen LogP contribution in [-0.4, -0.2) is 78.0 Å². The van der Waals surface area contributed by atoms with Crippen molar-refractivity contribution in [2.75, 3.05) is 37.8 Å². The molecule has 196 valence electrons. The molecular weight excluding hydrogens is 547 g/mol. The van der Waals surface area contributed by atoms with E-state index >= 15 is 0 Å². The van der Waals surface area contributed by atoms with Gasteiger partial charge in [0.25, 0.3) is 12.9 Å². The molecule has 3 aromatic rings. The number of nitrogens with zero attached hydrogens (tertiary/aromatic N) is 5. The van der Waals surface area contributed by atoms with E-state index in [1.54, 1.807) is 0 Å². The van der Waals surface area contributed by atoms with Crippen molar-refractivity contribution in [1.82, 2.24) is 29.6 Å². The second-order valence-electron chi connectivity index (χ2n) is 8.11. The van der Waals surface area contributed by atoms with Crippen molar-refractivity contribution in [2.45, 2.75) is 29.7 Å². The minimum atomic E-state index is -4.09. The monoisotopic (exact) mass is 567 g/mol. The number of aromatic nitrogens is 4. The number of carbonyl (C=O) groups is 1. The van der Waals surface area contributed by atoms with Crippen LogP contribution in [0.5, 0.6) is 0 Å². The van der Waals surface area contributed by atoms with Gasteiger partial charge in [0.05, 0.1) is 11.2 Å². The van der Waals surface area contributed by atoms with Crippen molar-refractivity contribution < 1.29 is 31.5 Å². The predicted molar refractivity (Wildman–Crippen MR) is 126 cm³/mol. The molecule has 3 aromatic heterocycles. The van der Waals surface area contributed by atoms with Gasteiger partial charge in [0.15, 0.2) is 21.0 Å². The summed E-state index contributed by atoms with van der Waals surface area (Å²) < 4.78 is 69.8. The summed E-state index contributed by atoms with van der Waals surface area (Å²) in [5, 5.41) is 17.1. The minimum absolute atomic E-state index is 0.0726. The Morgan fingerprint density at radius 2 is 1.97 bits per heavy atom. The number of carboxylic acid groups (broad SMARTS) is 1. The molecule has 2 fully saturated rings. The van der Waals surface area contributed by atoms with Crippen LogP contribution >= 0.6 is 22.9 Å². The number of rotatable bonds is 7. The Morgan fingerprint density at radius 3 is 2.53 bits per heavy atom. The average Bonchev–Trinajstić information content (AvgIpc) is 3.29. The highest BCUT2D eigenvalue weighted by atomic mass is 35.5. The van der Waals surface area contributed by atoms with Crippen LogP contribution in [0.3, 0.4) is 0 Å². The van der Waals surface area contributed by atoms with Crippen molar-refractivity contribution in [3.63, 3.8) is 0 Å². The SMILES string of the molecule is O=CO.O=S(=O)(NC1(CF)CC1)c1cc(N2CCNCC2)c2c(Cl)nc(-c3nnc(C(F)F)s3)n2c1. The molecule has 1 aliphatic carbocycles. The molecule has 1 saturated heterocycles. The molecule has 36 heavy (non-hydrogen) atoms. The van der Waals surface area contributed by atoms with Gasteiger partial charge >= 0.3 is 0 Å². The largest absolute Gasteiger partial charge is 0.483 e. The lowest BCUT2D eigenvalue weighted by Gasteiger charge is -2.30. The van der Waals surface area contributed by atoms with E-state index in [-0.39, 0.29) is 27.4 Å². The fourth-order valence-corrected chi connectivity index (χ4v) is 6.15. The normalized spacial score (nSPS) is 17.2. The fraction of sp³-hybridized carbons (Fsp3) is 0.474. The van der Waals surface area contributed by atoms with Gasteiger partial charge in [-0.15, -0.1) is 10.2 Å². The van der Waals surface area contributed by atoms with Crippen LogP contribution in [0.2, 0.25) is 5.15 Å². The van der Waals surface area contributed by atoms with Gasteiger partial charge in [-0.2, -0.15) is 0 Å². The molecule has 0 unspecified atom stereocenters. The third kappa shape index (κ3) is 5.27. The van der Waals surface area contributed by atoms with Crippen LogP contribution in [0.4, 0.5) is 18.9 Å². The number of alkyl halides is 3. The molecule has 0 spiro atoms. The Morgan fingerprint density at radius 1 is 1.31 bits per heavy atom. The van der Waals surface area contributed by atoms with Crippen molar-refractivity contribution in [1.29, 1.82) is 0 Å². The second-order valence-corrected chi connectivity index (χ2v) is 11.2. The number of nitrogens with one attached hydrogen (secondary N) is 2. The molecule has 1 saturated carbocycles. The minimum Gasteiger partial charge on any atom is -0.483 e. The maximum absolute atomic E-state index is 13.4. The topological polar surface area (TPSA) is 142 Å². The second kappa shape index (κ2) is 10.5. The molecule has 2 aliphatic rings. The lowest BCUT2D eigenvalue weighted by Crippen LogP contribution is -2.44. The Kier molecular flexibility index (Phi) is 7.70. The first-order valence-corrected chi connectivity index (χ1v) is 13.3. The summed E-state index contributed by atoms with van der Waals surface area (Å²) in [6.45, 7) is 1.49. The zero-order valence-corrected chi connectivity index (χ0v) is 20.9. The highest BCUT2D eigenvalue weighted by Gasteiger charge is 2.46. The predicted octanol–water partition coefficient (Wildman–Crippen LogP) is 2.33. The van der Waals surface area contributed by atoms with Crippen molar-refractivity contribution >= 4 is 50.6 Å². The number of pyridine rings is 1. The van der Waals surface area contributed by atoms with E-state index in [1.807, 2.05) is 4.90 Å². The maximum atomic E-state index is 13.4. The maximum Gasteiger partial charge on any atom is 0.291 e. The van der Waals surface area contributed by atoms with Gasteiger partial charge in [0.2, 0.25) is 10.0 Å². The van der Waals surface area contributed by atoms with Gasteiger partial charge in [-0.25, -0.2) is 31.3 Å². The van der Waals surface area contributed by atoms with E-state index in [2.05, 4.69) is 25.2 Å². The Hall–Kier alpha value is -2.53. The van der Waals surface area contributed by atoms with Crippen LogP contribution in [0, 0.1) is 0 Å². The highest BCUT2D eigenvalue weighted by Crippen LogP contribution is 2.39. The Balaban J connectivity index is 0.000000967. The Labute approximate surface area is 212 Å². The molecule has 0 bridgehead atoms. The summed E-state index contributed by atoms with van der Waals surface area (Å²) in [6.07, 6.45) is -0.669. The summed E-state index contributed by atoms with van der Waals surface area (Å²) in [6, 6.07) is 1.49. The zero-order chi connectivity index (χ0) is 26.1. The molecule has 4 heterocycles. The summed E-state index contributed by atoms with van der Waals surface area (Å²) in [5.74, 6) is 0.0967. The first-order valence-electron chi connectivity index (χ1n) is 10.6. The van der Waals surface area contributed by atoms with Gasteiger partial charge in [0.1, 0.15) is 17.1 Å². The first-order chi connectivity index (χ1) is 17.1. The van der Waals surface area contributed by atoms with Crippen LogP contribution in [0.15, 0.2) is 17.2 Å². The number of hydrogen-bond donors (Lipinski definition) is 3. The lowest BCUT2D eigenvalue weighted by atomic mass is 10.2. The quantitative estimate of drug-likeness (QED) is 0.367. The Bertz CT molecular complexity index is 1360. The highest BCUT2D eigenvalue weighted by molar-refractivity contribution is 7.89. The van der Waals surface area contributed by atoms with Crippen molar-refractivity contribution in [3.05, 3.63) is 22.4 Å². The standard InChI is InChI=1S/C18H19ClF3N7O2S2.CH2O2/c19-13-12-11(28-5-3-23-4-6-28)7-10(33(30,31)27-18(9-20)1-2-18)8-29(12)15(24-13)17-26-25-16(32-17)14(21)22;2-1-3/h7-8,14,23,27H,1-6,9H2;1H,(H,2,3). The molecule has 0 atom stereocenters. The van der Waals surface area contributed by atoms with Crippen LogP contribution < -0.4 is 14.9 Å². The molecule has 1 aliphatic heterocycles. The van der Waals surface area contributed by atoms with Crippen LogP contribution in [-0.2, 0) is 14.8 Å². The number of imidazole rings is 1. The summed E-state index contributed by atoms with van der Waals surface area (Å²) in [4.78, 5) is 14.5. The van der Waals surface area contributed by atoms with Crippen molar-refractivity contribution in [3.8, 4) is 10.8 Å². The van der Waals surface area contributed by atoms with Gasteiger partial charge in [-0.05, 0) is 18.9 Å². The molecule has 0 aromatic carbocycles. The van der Waals surface area contributed by atoms with Gasteiger partial charge in [0, 0.05) is 32.4 Å². The molecule has 3 N–H and O–H groups in total.